The van der Waals surface area contributed by atoms with Crippen molar-refractivity contribution in [2.75, 3.05) is 18.0 Å². The van der Waals surface area contributed by atoms with Gasteiger partial charge in [-0.05, 0) is 55.7 Å². The Morgan fingerprint density at radius 1 is 1.24 bits per heavy atom. The molecule has 1 aromatic carbocycles. The lowest BCUT2D eigenvalue weighted by atomic mass is 9.77. The second kappa shape index (κ2) is 6.17. The van der Waals surface area contributed by atoms with E-state index in [0.717, 1.165) is 25.9 Å². The molecule has 1 atom stereocenters. The number of nitrogens with zero attached hydrogens (tertiary/aromatic N) is 1. The van der Waals surface area contributed by atoms with Crippen molar-refractivity contribution in [1.29, 1.82) is 0 Å². The fraction of sp³-hybridized carbons (Fsp3) is 0.611. The molecule has 1 fully saturated rings. The van der Waals surface area contributed by atoms with E-state index in [1.165, 1.54) is 19.4 Å². The molecule has 1 heterocycles. The number of rotatable bonds is 2. The van der Waals surface area contributed by atoms with Crippen molar-refractivity contribution in [3.63, 3.8) is 0 Å². The molecule has 3 heteroatoms. The molecule has 1 saturated heterocycles. The molecule has 2 rings (SSSR count). The minimum absolute atomic E-state index is 0.0934. The van der Waals surface area contributed by atoms with E-state index in [2.05, 4.69) is 25.7 Å². The van der Waals surface area contributed by atoms with Crippen molar-refractivity contribution in [2.24, 2.45) is 11.3 Å². The Hall–Kier alpha value is -1.38. The zero-order valence-electron chi connectivity index (χ0n) is 13.6. The summed E-state index contributed by atoms with van der Waals surface area (Å²) in [5.74, 6) is 0.308. The first-order valence-corrected chi connectivity index (χ1v) is 7.84. The maximum atomic E-state index is 14.3. The van der Waals surface area contributed by atoms with Crippen molar-refractivity contribution in [3.05, 3.63) is 29.6 Å². The molecule has 1 aliphatic heterocycles. The van der Waals surface area contributed by atoms with E-state index in [9.17, 15) is 9.18 Å². The summed E-state index contributed by atoms with van der Waals surface area (Å²) in [6.07, 6.45) is 3.39. The lowest BCUT2D eigenvalue weighted by molar-refractivity contribution is 0.101. The van der Waals surface area contributed by atoms with E-state index < -0.39 is 0 Å². The lowest BCUT2D eigenvalue weighted by Gasteiger charge is -2.30. The summed E-state index contributed by atoms with van der Waals surface area (Å²) in [5, 5.41) is 0. The highest BCUT2D eigenvalue weighted by Gasteiger charge is 2.27. The van der Waals surface area contributed by atoms with E-state index in [-0.39, 0.29) is 11.6 Å². The van der Waals surface area contributed by atoms with Gasteiger partial charge in [-0.3, -0.25) is 4.79 Å². The van der Waals surface area contributed by atoms with E-state index in [0.29, 0.717) is 22.6 Å². The summed E-state index contributed by atoms with van der Waals surface area (Å²) in [6, 6.07) is 4.85. The second-order valence-corrected chi connectivity index (χ2v) is 7.20. The first kappa shape index (κ1) is 16.0. The number of halogens is 1. The summed E-state index contributed by atoms with van der Waals surface area (Å²) < 4.78 is 14.3. The van der Waals surface area contributed by atoms with Gasteiger partial charge in [0, 0.05) is 18.7 Å². The smallest absolute Gasteiger partial charge is 0.159 e. The van der Waals surface area contributed by atoms with Gasteiger partial charge in [0.05, 0.1) is 5.69 Å². The van der Waals surface area contributed by atoms with Crippen LogP contribution in [0.5, 0.6) is 0 Å². The number of Topliss-reactive ketones (excluding diaryl/α,β-unsaturated/α-hetero) is 1. The molecule has 0 aliphatic carbocycles. The maximum absolute atomic E-state index is 14.3. The van der Waals surface area contributed by atoms with Gasteiger partial charge in [0.1, 0.15) is 5.82 Å². The molecule has 0 aromatic heterocycles. The van der Waals surface area contributed by atoms with Crippen LogP contribution in [0, 0.1) is 17.2 Å². The van der Waals surface area contributed by atoms with Crippen molar-refractivity contribution < 1.29 is 9.18 Å². The Morgan fingerprint density at radius 2 is 1.95 bits per heavy atom. The number of carbonyl (C=O) groups is 1. The lowest BCUT2D eigenvalue weighted by Crippen LogP contribution is -2.26. The molecule has 2 nitrogen and oxygen atoms in total. The Bertz CT molecular complexity index is 518. The zero-order valence-corrected chi connectivity index (χ0v) is 13.6. The van der Waals surface area contributed by atoms with Crippen LogP contribution >= 0.6 is 0 Å². The third kappa shape index (κ3) is 3.84. The van der Waals surface area contributed by atoms with Crippen LogP contribution in [0.3, 0.4) is 0 Å². The van der Waals surface area contributed by atoms with Crippen LogP contribution in [0.4, 0.5) is 10.1 Å². The average molecular weight is 291 g/mol. The monoisotopic (exact) mass is 291 g/mol. The van der Waals surface area contributed by atoms with Gasteiger partial charge in [-0.2, -0.15) is 0 Å². The predicted molar refractivity (Wildman–Crippen MR) is 85.4 cm³/mol. The molecule has 1 unspecified atom stereocenters. The third-order valence-corrected chi connectivity index (χ3v) is 4.65. The van der Waals surface area contributed by atoms with Crippen LogP contribution in [0.25, 0.3) is 0 Å². The maximum Gasteiger partial charge on any atom is 0.159 e. The Kier molecular flexibility index (Phi) is 4.70. The molecular weight excluding hydrogens is 265 g/mol. The van der Waals surface area contributed by atoms with Crippen molar-refractivity contribution in [2.45, 2.75) is 47.0 Å². The van der Waals surface area contributed by atoms with Gasteiger partial charge in [0.25, 0.3) is 0 Å². The van der Waals surface area contributed by atoms with Crippen LogP contribution in [0.1, 0.15) is 57.3 Å². The third-order valence-electron chi connectivity index (χ3n) is 4.65. The van der Waals surface area contributed by atoms with Gasteiger partial charge in [-0.1, -0.05) is 20.8 Å². The first-order valence-electron chi connectivity index (χ1n) is 7.84. The highest BCUT2D eigenvalue weighted by Crippen LogP contribution is 2.35. The number of carbonyl (C=O) groups excluding carboxylic acids is 1. The Labute approximate surface area is 127 Å². The van der Waals surface area contributed by atoms with Crippen LogP contribution < -0.4 is 4.90 Å². The Morgan fingerprint density at radius 3 is 2.52 bits per heavy atom. The molecule has 0 saturated carbocycles. The molecule has 0 radical (unpaired) electrons. The largest absolute Gasteiger partial charge is 0.369 e. The van der Waals surface area contributed by atoms with Gasteiger partial charge in [0.2, 0.25) is 0 Å². The standard InChI is InChI=1S/C18H26FNO/c1-13(21)14-7-8-17(16(19)12-14)20-10-5-6-15(9-11-20)18(2,3)4/h7-8,12,15H,5-6,9-11H2,1-4H3. The van der Waals surface area contributed by atoms with Crippen LogP contribution in [0.2, 0.25) is 0 Å². The van der Waals surface area contributed by atoms with Gasteiger partial charge >= 0.3 is 0 Å². The van der Waals surface area contributed by atoms with Gasteiger partial charge in [-0.15, -0.1) is 0 Å². The number of hydrogen-bond donors (Lipinski definition) is 0. The number of ketones is 1. The van der Waals surface area contributed by atoms with Gasteiger partial charge < -0.3 is 4.90 Å². The fourth-order valence-corrected chi connectivity index (χ4v) is 3.19. The molecule has 21 heavy (non-hydrogen) atoms. The van der Waals surface area contributed by atoms with E-state index >= 15 is 0 Å². The van der Waals surface area contributed by atoms with Crippen molar-refractivity contribution >= 4 is 11.5 Å². The molecule has 1 aliphatic rings. The topological polar surface area (TPSA) is 20.3 Å². The van der Waals surface area contributed by atoms with Crippen LogP contribution in [0.15, 0.2) is 18.2 Å². The van der Waals surface area contributed by atoms with E-state index in [1.54, 1.807) is 12.1 Å². The predicted octanol–water partition coefficient (Wildman–Crippen LogP) is 4.68. The molecule has 116 valence electrons. The number of anilines is 1. The second-order valence-electron chi connectivity index (χ2n) is 7.20. The summed E-state index contributed by atoms with van der Waals surface area (Å²) >= 11 is 0. The summed E-state index contributed by atoms with van der Waals surface area (Å²) in [6.45, 7) is 10.1. The molecule has 0 amide bonds. The molecule has 0 spiro atoms. The average Bonchev–Trinajstić information content (AvgIpc) is 2.63. The number of benzene rings is 1. The molecule has 0 N–H and O–H groups in total. The fourth-order valence-electron chi connectivity index (χ4n) is 3.19. The highest BCUT2D eigenvalue weighted by atomic mass is 19.1. The molecule has 0 bridgehead atoms. The quantitative estimate of drug-likeness (QED) is 0.737. The minimum atomic E-state index is -0.281. The minimum Gasteiger partial charge on any atom is -0.369 e. The van der Waals surface area contributed by atoms with Crippen LogP contribution in [-0.4, -0.2) is 18.9 Å². The zero-order chi connectivity index (χ0) is 15.6. The normalized spacial score (nSPS) is 20.2. The first-order chi connectivity index (χ1) is 9.79. The number of hydrogen-bond acceptors (Lipinski definition) is 2. The van der Waals surface area contributed by atoms with Crippen molar-refractivity contribution in [1.82, 2.24) is 0 Å². The van der Waals surface area contributed by atoms with E-state index in [4.69, 9.17) is 0 Å². The Balaban J connectivity index is 2.14. The van der Waals surface area contributed by atoms with Crippen molar-refractivity contribution in [3.8, 4) is 0 Å². The summed E-state index contributed by atoms with van der Waals surface area (Å²) in [5.41, 5.74) is 1.39. The van der Waals surface area contributed by atoms with Gasteiger partial charge in [0.15, 0.2) is 5.78 Å². The summed E-state index contributed by atoms with van der Waals surface area (Å²) in [4.78, 5) is 13.4. The van der Waals surface area contributed by atoms with E-state index in [1.807, 2.05) is 0 Å². The molecule has 1 aromatic rings. The SMILES string of the molecule is CC(=O)c1ccc(N2CCCC(C(C)(C)C)CC2)c(F)c1. The van der Waals surface area contributed by atoms with Crippen LogP contribution in [-0.2, 0) is 0 Å². The molecular formula is C18H26FNO. The summed E-state index contributed by atoms with van der Waals surface area (Å²) in [7, 11) is 0. The highest BCUT2D eigenvalue weighted by molar-refractivity contribution is 5.94. The van der Waals surface area contributed by atoms with Gasteiger partial charge in [-0.25, -0.2) is 4.39 Å².